The first-order chi connectivity index (χ1) is 42.5. The molecule has 0 N–H and O–H groups in total. The van der Waals surface area contributed by atoms with E-state index in [9.17, 15) is 0 Å². The molecular formula is C85H160O3. The van der Waals surface area contributed by atoms with E-state index in [1.54, 1.807) is 22.3 Å². The Labute approximate surface area is 557 Å². The van der Waals surface area contributed by atoms with Gasteiger partial charge in [0.25, 0.3) is 0 Å². The van der Waals surface area contributed by atoms with Crippen molar-refractivity contribution in [3.63, 3.8) is 0 Å². The predicted molar refractivity (Wildman–Crippen MR) is 414 cm³/mol. The van der Waals surface area contributed by atoms with Gasteiger partial charge in [0.15, 0.2) is 0 Å². The summed E-state index contributed by atoms with van der Waals surface area (Å²) in [6.45, 7) is 75.1. The number of ether oxygens (including phenoxy) is 3. The zero-order valence-electron chi connectivity index (χ0n) is 66.3. The highest BCUT2D eigenvalue weighted by molar-refractivity contribution is 5.37. The molecule has 88 heavy (non-hydrogen) atoms. The lowest BCUT2D eigenvalue weighted by Crippen LogP contribution is -2.07. The van der Waals surface area contributed by atoms with E-state index in [1.807, 2.05) is 181 Å². The van der Waals surface area contributed by atoms with Gasteiger partial charge in [-0.05, 0) is 157 Å². The number of benzene rings is 5. The van der Waals surface area contributed by atoms with Crippen molar-refractivity contribution < 1.29 is 14.2 Å². The van der Waals surface area contributed by atoms with Gasteiger partial charge in [0, 0.05) is 6.42 Å². The van der Waals surface area contributed by atoms with Crippen molar-refractivity contribution >= 4 is 0 Å². The molecule has 0 spiro atoms. The zero-order valence-corrected chi connectivity index (χ0v) is 66.3. The molecule has 10 rings (SSSR count). The van der Waals surface area contributed by atoms with Crippen molar-refractivity contribution in [3.05, 3.63) is 160 Å². The van der Waals surface area contributed by atoms with Crippen LogP contribution in [0.1, 0.15) is 313 Å². The van der Waals surface area contributed by atoms with Gasteiger partial charge in [-0.1, -0.05) is 345 Å². The van der Waals surface area contributed by atoms with Crippen LogP contribution in [0, 0.1) is 29.6 Å². The minimum absolute atomic E-state index is 0.833. The molecular weight excluding hydrogens is 1070 g/mol. The van der Waals surface area contributed by atoms with Crippen LogP contribution in [0.2, 0.25) is 0 Å². The van der Waals surface area contributed by atoms with Crippen LogP contribution in [0.5, 0.6) is 17.2 Å². The van der Waals surface area contributed by atoms with Gasteiger partial charge in [0.05, 0.1) is 19.8 Å². The van der Waals surface area contributed by atoms with Crippen LogP contribution in [0.4, 0.5) is 0 Å². The van der Waals surface area contributed by atoms with E-state index in [4.69, 9.17) is 14.2 Å². The number of hydrogen-bond donors (Lipinski definition) is 0. The summed E-state index contributed by atoms with van der Waals surface area (Å²) in [5.74, 6) is 7.39. The Morgan fingerprint density at radius 3 is 0.557 bits per heavy atom. The molecule has 5 aromatic carbocycles. The highest BCUT2D eigenvalue weighted by Crippen LogP contribution is 2.25. The minimum Gasteiger partial charge on any atom is -0.493 e. The van der Waals surface area contributed by atoms with Gasteiger partial charge in [-0.2, -0.15) is 0 Å². The second kappa shape index (κ2) is 88.9. The molecule has 5 aromatic rings. The van der Waals surface area contributed by atoms with Crippen molar-refractivity contribution in [1.29, 1.82) is 0 Å². The van der Waals surface area contributed by atoms with E-state index in [0.29, 0.717) is 0 Å². The summed E-state index contributed by atoms with van der Waals surface area (Å²) < 4.78 is 16.1. The Morgan fingerprint density at radius 1 is 0.193 bits per heavy atom. The van der Waals surface area contributed by atoms with E-state index < -0.39 is 0 Å². The number of fused-ring (bicyclic) bond motifs is 5. The van der Waals surface area contributed by atoms with Crippen molar-refractivity contribution in [1.82, 2.24) is 0 Å². The zero-order chi connectivity index (χ0) is 70.5. The Bertz CT molecular complexity index is 1610. The fourth-order valence-corrected chi connectivity index (χ4v) is 6.90. The maximum absolute atomic E-state index is 5.42. The van der Waals surface area contributed by atoms with E-state index in [2.05, 4.69) is 183 Å². The van der Waals surface area contributed by atoms with Gasteiger partial charge in [-0.3, -0.25) is 0 Å². The minimum atomic E-state index is 0.833. The highest BCUT2D eigenvalue weighted by Gasteiger charge is 2.10. The van der Waals surface area contributed by atoms with Crippen molar-refractivity contribution in [2.75, 3.05) is 19.8 Å². The summed E-state index contributed by atoms with van der Waals surface area (Å²) in [5.41, 5.74) is 10.3. The van der Waals surface area contributed by atoms with Gasteiger partial charge in [0.2, 0.25) is 0 Å². The third-order valence-corrected chi connectivity index (χ3v) is 9.51. The number of rotatable bonds is 0. The Kier molecular flexibility index (Phi) is 106. The summed E-state index contributed by atoms with van der Waals surface area (Å²) in [5, 5.41) is 0. The second-order valence-electron chi connectivity index (χ2n) is 21.6. The molecule has 0 unspecified atom stereocenters. The van der Waals surface area contributed by atoms with Gasteiger partial charge < -0.3 is 14.2 Å². The summed E-state index contributed by atoms with van der Waals surface area (Å²) in [4.78, 5) is 0. The van der Waals surface area contributed by atoms with Gasteiger partial charge >= 0.3 is 0 Å². The van der Waals surface area contributed by atoms with Crippen LogP contribution >= 0.6 is 0 Å². The Morgan fingerprint density at radius 2 is 0.352 bits per heavy atom. The second-order valence-corrected chi connectivity index (χ2v) is 21.6. The quantitative estimate of drug-likeness (QED) is 0.155. The van der Waals surface area contributed by atoms with Crippen LogP contribution in [-0.4, -0.2) is 19.8 Å². The molecule has 3 nitrogen and oxygen atoms in total. The van der Waals surface area contributed by atoms with Gasteiger partial charge in [-0.25, -0.2) is 0 Å². The topological polar surface area (TPSA) is 27.7 Å². The van der Waals surface area contributed by atoms with Crippen LogP contribution in [0.15, 0.2) is 121 Å². The molecule has 518 valence electrons. The smallest absolute Gasteiger partial charge is 0.122 e. The molecule has 0 fully saturated rings. The normalized spacial score (nSPS) is 11.2. The molecule has 0 saturated heterocycles. The average molecular weight is 1230 g/mol. The molecule has 0 atom stereocenters. The lowest BCUT2D eigenvalue weighted by molar-refractivity contribution is 0.288. The maximum atomic E-state index is 5.42. The molecule has 0 bridgehead atoms. The van der Waals surface area contributed by atoms with Crippen LogP contribution in [0.3, 0.4) is 0 Å². The van der Waals surface area contributed by atoms with E-state index in [-0.39, 0.29) is 0 Å². The summed E-state index contributed by atoms with van der Waals surface area (Å²) in [7, 11) is 0. The fraction of sp³-hybridized carbons (Fsp3) is 0.647. The molecule has 0 aromatic heterocycles. The Hall–Kier alpha value is -4.50. The molecule has 0 radical (unpaired) electrons. The third kappa shape index (κ3) is 75.7. The summed E-state index contributed by atoms with van der Waals surface area (Å²) in [6.07, 6.45) is 15.1. The van der Waals surface area contributed by atoms with E-state index in [0.717, 1.165) is 85.9 Å². The molecule has 5 aliphatic rings. The van der Waals surface area contributed by atoms with E-state index >= 15 is 0 Å². The molecule has 2 aliphatic carbocycles. The van der Waals surface area contributed by atoms with Crippen LogP contribution in [-0.2, 0) is 44.9 Å². The van der Waals surface area contributed by atoms with Gasteiger partial charge in [-0.15, -0.1) is 0 Å². The molecule has 3 aliphatic heterocycles. The van der Waals surface area contributed by atoms with Crippen molar-refractivity contribution in [2.24, 2.45) is 29.6 Å². The van der Waals surface area contributed by atoms with Crippen molar-refractivity contribution in [2.45, 2.75) is 319 Å². The SMILES string of the molecule is CC.CC.CC.CC.CC.CC.CC.CC.CC.CC.CC(C)C.CC(C)C.CC(C)C.CC(C)C.CC(C)C.c1ccc2c(c1)CCC2.c1ccc2c(c1)CCCC2.c1ccc2c(c1)CCCO2.c1ccc2c(c1)CCCO2.c1ccc2c(c1)CCO2. The Balaban J connectivity index is -0.0000000947. The van der Waals surface area contributed by atoms with E-state index in [1.165, 1.54) is 74.5 Å². The fourth-order valence-electron chi connectivity index (χ4n) is 6.90. The first kappa shape index (κ1) is 105. The van der Waals surface area contributed by atoms with Crippen molar-refractivity contribution in [3.8, 4) is 17.2 Å². The van der Waals surface area contributed by atoms with Crippen LogP contribution < -0.4 is 14.2 Å². The first-order valence-electron chi connectivity index (χ1n) is 36.8. The number of hydrogen-bond acceptors (Lipinski definition) is 3. The predicted octanol–water partition coefficient (Wildman–Crippen LogP) is 29.0. The monoisotopic (exact) mass is 1230 g/mol. The standard InChI is InChI=1S/C10H12.2C9H10O.C9H10.C8H8O.5C4H10.10C2H6/c1-2-6-10-8-4-3-7-9(10)5-1;2*1-2-6-9-8(4-1)5-3-7-10-9;1-2-5-9-7-3-6-8(9)4-1;1-2-4-8-7(3-1)5-6-9-8;5*1-4(2)3;10*1-2/h1-2,5-6H,3-4,7-8H2;2*1-2,4,6H,3,5,7H2;1-2,4-5H,3,6-7H2;1-4H,5-6H2;5*4H,1-3H3;10*1-2H3. The maximum Gasteiger partial charge on any atom is 0.122 e. The lowest BCUT2D eigenvalue weighted by Gasteiger charge is -2.15. The summed E-state index contributed by atoms with van der Waals surface area (Å²) >= 11 is 0. The molecule has 3 heterocycles. The number of aryl methyl sites for hydroxylation is 6. The van der Waals surface area contributed by atoms with Crippen LogP contribution in [0.25, 0.3) is 0 Å². The molecule has 3 heteroatoms. The number of para-hydroxylation sites is 3. The molecule has 0 saturated carbocycles. The lowest BCUT2D eigenvalue weighted by atomic mass is 9.92. The highest BCUT2D eigenvalue weighted by atomic mass is 16.5. The first-order valence-corrected chi connectivity index (χ1v) is 36.8. The summed E-state index contributed by atoms with van der Waals surface area (Å²) in [6, 6.07) is 42.2. The largest absolute Gasteiger partial charge is 0.493 e. The van der Waals surface area contributed by atoms with Gasteiger partial charge in [0.1, 0.15) is 17.2 Å². The third-order valence-electron chi connectivity index (χ3n) is 9.51. The average Bonchev–Trinajstić information content (AvgIpc) is 4.42. The molecule has 0 amide bonds.